The summed E-state index contributed by atoms with van der Waals surface area (Å²) < 4.78 is 32.5. The Morgan fingerprint density at radius 1 is 1.12 bits per heavy atom. The molecule has 132 valence electrons. The van der Waals surface area contributed by atoms with Crippen molar-refractivity contribution in [3.63, 3.8) is 0 Å². The second-order valence-electron chi connectivity index (χ2n) is 5.96. The Kier molecular flexibility index (Phi) is 5.53. The molecule has 1 aliphatic rings. The molecule has 25 heavy (non-hydrogen) atoms. The van der Waals surface area contributed by atoms with Gasteiger partial charge in [-0.2, -0.15) is 0 Å². The summed E-state index contributed by atoms with van der Waals surface area (Å²) in [6, 6.07) is 11.6. The summed E-state index contributed by atoms with van der Waals surface area (Å²) in [6.07, 6.45) is 0.767. The second kappa shape index (κ2) is 7.82. The highest BCUT2D eigenvalue weighted by Crippen LogP contribution is 2.28. The van der Waals surface area contributed by atoms with E-state index < -0.39 is 17.7 Å². The predicted molar refractivity (Wildman–Crippen MR) is 94.3 cm³/mol. The predicted octanol–water partition coefficient (Wildman–Crippen LogP) is 4.60. The molecule has 2 aromatic rings. The van der Waals surface area contributed by atoms with Gasteiger partial charge in [0.15, 0.2) is 0 Å². The third-order valence-corrected chi connectivity index (χ3v) is 4.65. The number of amides is 1. The van der Waals surface area contributed by atoms with Crippen molar-refractivity contribution in [1.82, 2.24) is 5.32 Å². The molecule has 2 N–H and O–H groups in total. The van der Waals surface area contributed by atoms with E-state index in [-0.39, 0.29) is 28.9 Å². The van der Waals surface area contributed by atoms with Crippen LogP contribution in [0, 0.1) is 11.6 Å². The average molecular weight is 411 g/mol. The lowest BCUT2D eigenvalue weighted by molar-refractivity contribution is 0.129. The van der Waals surface area contributed by atoms with Crippen LogP contribution < -0.4 is 10.6 Å². The molecule has 0 aliphatic heterocycles. The van der Waals surface area contributed by atoms with Crippen molar-refractivity contribution < 1.29 is 18.3 Å². The number of carbonyl (C=O) groups is 1. The third kappa shape index (κ3) is 4.69. The first-order valence-electron chi connectivity index (χ1n) is 7.89. The van der Waals surface area contributed by atoms with Crippen LogP contribution in [0.2, 0.25) is 0 Å². The van der Waals surface area contributed by atoms with Gasteiger partial charge in [-0.15, -0.1) is 0 Å². The monoisotopic (exact) mass is 410 g/mol. The number of hydrogen-bond acceptors (Lipinski definition) is 3. The molecule has 0 spiro atoms. The molecule has 2 aromatic carbocycles. The molecule has 1 saturated carbocycles. The Hall–Kier alpha value is -2.15. The van der Waals surface area contributed by atoms with E-state index in [4.69, 9.17) is 4.74 Å². The zero-order valence-corrected chi connectivity index (χ0v) is 14.9. The van der Waals surface area contributed by atoms with Gasteiger partial charge >= 0.3 is 6.09 Å². The first-order valence-corrected chi connectivity index (χ1v) is 8.69. The van der Waals surface area contributed by atoms with Crippen molar-refractivity contribution in [1.29, 1.82) is 0 Å². The van der Waals surface area contributed by atoms with Gasteiger partial charge in [0.1, 0.15) is 18.2 Å². The summed E-state index contributed by atoms with van der Waals surface area (Å²) in [5.74, 6) is -1.05. The Morgan fingerprint density at radius 3 is 2.56 bits per heavy atom. The van der Waals surface area contributed by atoms with Gasteiger partial charge < -0.3 is 15.4 Å². The van der Waals surface area contributed by atoms with Crippen molar-refractivity contribution in [3.05, 3.63) is 64.1 Å². The van der Waals surface area contributed by atoms with Crippen LogP contribution in [0.4, 0.5) is 19.3 Å². The summed E-state index contributed by atoms with van der Waals surface area (Å²) in [5, 5.41) is 5.71. The number of ether oxygens (including phenoxy) is 1. The van der Waals surface area contributed by atoms with Crippen molar-refractivity contribution in [3.8, 4) is 0 Å². The van der Waals surface area contributed by atoms with Gasteiger partial charge in [0, 0.05) is 18.2 Å². The van der Waals surface area contributed by atoms with Gasteiger partial charge in [-0.1, -0.05) is 30.3 Å². The lowest BCUT2D eigenvalue weighted by Gasteiger charge is -2.36. The molecule has 0 saturated heterocycles. The second-order valence-corrected chi connectivity index (χ2v) is 6.82. The maximum atomic E-state index is 13.8. The summed E-state index contributed by atoms with van der Waals surface area (Å²) in [4.78, 5) is 11.8. The van der Waals surface area contributed by atoms with E-state index >= 15 is 0 Å². The maximum Gasteiger partial charge on any atom is 0.407 e. The minimum absolute atomic E-state index is 0.0190. The highest BCUT2D eigenvalue weighted by atomic mass is 79.9. The van der Waals surface area contributed by atoms with Gasteiger partial charge in [-0.3, -0.25) is 0 Å². The van der Waals surface area contributed by atoms with Gasteiger partial charge in [0.2, 0.25) is 0 Å². The van der Waals surface area contributed by atoms with Crippen molar-refractivity contribution in [2.45, 2.75) is 31.5 Å². The van der Waals surface area contributed by atoms with Gasteiger partial charge in [0.05, 0.1) is 10.2 Å². The Morgan fingerprint density at radius 2 is 1.84 bits per heavy atom. The lowest BCUT2D eigenvalue weighted by Crippen LogP contribution is -2.49. The molecule has 0 aromatic heterocycles. The summed E-state index contributed by atoms with van der Waals surface area (Å²) >= 11 is 2.94. The Balaban J connectivity index is 1.41. The van der Waals surface area contributed by atoms with Crippen LogP contribution in [0.15, 0.2) is 46.9 Å². The quantitative estimate of drug-likeness (QED) is 0.708. The smallest absolute Gasteiger partial charge is 0.407 e. The Labute approximate surface area is 152 Å². The highest BCUT2D eigenvalue weighted by Gasteiger charge is 2.31. The van der Waals surface area contributed by atoms with Gasteiger partial charge in [0.25, 0.3) is 0 Å². The molecule has 4 nitrogen and oxygen atoms in total. The molecule has 7 heteroatoms. The fraction of sp³-hybridized carbons (Fsp3) is 0.278. The van der Waals surface area contributed by atoms with Crippen LogP contribution in [0.1, 0.15) is 18.4 Å². The minimum Gasteiger partial charge on any atom is -0.445 e. The molecule has 0 heterocycles. The molecule has 1 fully saturated rings. The van der Waals surface area contributed by atoms with Crippen LogP contribution in [-0.2, 0) is 11.3 Å². The number of rotatable bonds is 5. The van der Waals surface area contributed by atoms with E-state index in [1.807, 2.05) is 30.3 Å². The fourth-order valence-corrected chi connectivity index (χ4v) is 2.95. The van der Waals surface area contributed by atoms with Crippen LogP contribution in [0.5, 0.6) is 0 Å². The van der Waals surface area contributed by atoms with E-state index in [1.54, 1.807) is 0 Å². The number of nitrogens with one attached hydrogen (secondary N) is 2. The number of anilines is 1. The van der Waals surface area contributed by atoms with Crippen LogP contribution >= 0.6 is 15.9 Å². The molecule has 0 unspecified atom stereocenters. The molecular weight excluding hydrogens is 394 g/mol. The standard InChI is InChI=1S/C18H17BrF2N2O2/c19-14-8-16(21)17(9-15(14)20)22-12-6-13(7-12)23-18(24)25-10-11-4-2-1-3-5-11/h1-5,8-9,12-13,22H,6-7,10H2,(H,23,24). The number of benzene rings is 2. The minimum atomic E-state index is -0.526. The molecular formula is C18H17BrF2N2O2. The number of carbonyl (C=O) groups excluding carboxylic acids is 1. The van der Waals surface area contributed by atoms with Crippen molar-refractivity contribution >= 4 is 27.7 Å². The maximum absolute atomic E-state index is 13.8. The average Bonchev–Trinajstić information content (AvgIpc) is 2.56. The fourth-order valence-electron chi connectivity index (χ4n) is 2.64. The van der Waals surface area contributed by atoms with E-state index in [1.165, 1.54) is 0 Å². The number of alkyl carbamates (subject to hydrolysis) is 1. The van der Waals surface area contributed by atoms with Gasteiger partial charge in [-0.25, -0.2) is 13.6 Å². The van der Waals surface area contributed by atoms with Crippen molar-refractivity contribution in [2.75, 3.05) is 5.32 Å². The zero-order chi connectivity index (χ0) is 17.8. The first kappa shape index (κ1) is 17.7. The zero-order valence-electron chi connectivity index (χ0n) is 13.3. The van der Waals surface area contributed by atoms with E-state index in [0.29, 0.717) is 12.8 Å². The third-order valence-electron chi connectivity index (χ3n) is 4.04. The Bertz CT molecular complexity index is 752. The van der Waals surface area contributed by atoms with E-state index in [0.717, 1.165) is 17.7 Å². The van der Waals surface area contributed by atoms with E-state index in [9.17, 15) is 13.6 Å². The van der Waals surface area contributed by atoms with Crippen LogP contribution in [0.3, 0.4) is 0 Å². The molecule has 0 radical (unpaired) electrons. The van der Waals surface area contributed by atoms with E-state index in [2.05, 4.69) is 26.6 Å². The summed E-state index contributed by atoms with van der Waals surface area (Å²) in [6.45, 7) is 0.213. The summed E-state index contributed by atoms with van der Waals surface area (Å²) in [7, 11) is 0. The van der Waals surface area contributed by atoms with Crippen LogP contribution in [0.25, 0.3) is 0 Å². The molecule has 3 rings (SSSR count). The number of halogens is 3. The largest absolute Gasteiger partial charge is 0.445 e. The normalized spacial score (nSPS) is 19.0. The molecule has 1 aliphatic carbocycles. The van der Waals surface area contributed by atoms with Crippen LogP contribution in [-0.4, -0.2) is 18.2 Å². The SMILES string of the molecule is O=C(NC1CC(Nc2cc(F)c(Br)cc2F)C1)OCc1ccccc1. The summed E-state index contributed by atoms with van der Waals surface area (Å²) in [5.41, 5.74) is 1.04. The molecule has 0 bridgehead atoms. The number of hydrogen-bond donors (Lipinski definition) is 2. The lowest BCUT2D eigenvalue weighted by atomic mass is 9.86. The molecule has 0 atom stereocenters. The van der Waals surface area contributed by atoms with Gasteiger partial charge in [-0.05, 0) is 40.4 Å². The topological polar surface area (TPSA) is 50.4 Å². The van der Waals surface area contributed by atoms with Crippen molar-refractivity contribution in [2.24, 2.45) is 0 Å². The molecule has 1 amide bonds. The first-order chi connectivity index (χ1) is 12.0. The highest BCUT2D eigenvalue weighted by molar-refractivity contribution is 9.10.